The number of fused-ring (bicyclic) bond motifs is 1. The molecule has 0 unspecified atom stereocenters. The highest BCUT2D eigenvalue weighted by Gasteiger charge is 2.18. The molecule has 0 fully saturated rings. The molecule has 0 aliphatic rings. The second-order valence-electron chi connectivity index (χ2n) is 4.49. The van der Waals surface area contributed by atoms with Crippen LogP contribution in [0.5, 0.6) is 0 Å². The Morgan fingerprint density at radius 1 is 1.19 bits per heavy atom. The van der Waals surface area contributed by atoms with Gasteiger partial charge in [-0.25, -0.2) is 18.2 Å². The van der Waals surface area contributed by atoms with E-state index in [0.29, 0.717) is 16.2 Å². The van der Waals surface area contributed by atoms with Gasteiger partial charge in [-0.3, -0.25) is 13.9 Å². The van der Waals surface area contributed by atoms with Crippen LogP contribution in [0.25, 0.3) is 11.0 Å². The van der Waals surface area contributed by atoms with E-state index in [-0.39, 0.29) is 10.6 Å². The van der Waals surface area contributed by atoms with Gasteiger partial charge in [0, 0.05) is 25.7 Å². The third-order valence-electron chi connectivity index (χ3n) is 3.21. The summed E-state index contributed by atoms with van der Waals surface area (Å²) in [6, 6.07) is 4.57. The number of imidazole rings is 1. The molecule has 0 spiro atoms. The Balaban J connectivity index is 2.13. The molecular weight excluding hydrogens is 312 g/mol. The number of thiazole rings is 1. The van der Waals surface area contributed by atoms with Gasteiger partial charge < -0.3 is 0 Å². The van der Waals surface area contributed by atoms with Crippen molar-refractivity contribution in [3.05, 3.63) is 40.3 Å². The van der Waals surface area contributed by atoms with E-state index in [1.165, 1.54) is 38.8 Å². The largest absolute Gasteiger partial charge is 0.328 e. The normalized spacial score (nSPS) is 11.9. The van der Waals surface area contributed by atoms with Crippen LogP contribution in [0, 0.1) is 0 Å². The van der Waals surface area contributed by atoms with Gasteiger partial charge in [0.1, 0.15) is 0 Å². The molecule has 0 bridgehead atoms. The molecule has 9 heteroatoms. The molecule has 7 nitrogen and oxygen atoms in total. The molecule has 0 aliphatic carbocycles. The van der Waals surface area contributed by atoms with Gasteiger partial charge >= 0.3 is 5.69 Å². The number of hydrogen-bond acceptors (Lipinski definition) is 5. The second kappa shape index (κ2) is 4.71. The maximum atomic E-state index is 12.3. The van der Waals surface area contributed by atoms with Gasteiger partial charge in [-0.2, -0.15) is 0 Å². The van der Waals surface area contributed by atoms with Gasteiger partial charge in [-0.1, -0.05) is 0 Å². The summed E-state index contributed by atoms with van der Waals surface area (Å²) in [6.45, 7) is 0. The van der Waals surface area contributed by atoms with Crippen LogP contribution in [0.2, 0.25) is 0 Å². The number of benzene rings is 1. The zero-order chi connectivity index (χ0) is 15.2. The molecule has 110 valence electrons. The van der Waals surface area contributed by atoms with Crippen molar-refractivity contribution in [2.75, 3.05) is 4.72 Å². The average Bonchev–Trinajstić information content (AvgIpc) is 3.02. The smallest absolute Gasteiger partial charge is 0.295 e. The van der Waals surface area contributed by atoms with Crippen LogP contribution in [-0.2, 0) is 24.1 Å². The number of aryl methyl sites for hydroxylation is 2. The molecule has 1 N–H and O–H groups in total. The van der Waals surface area contributed by atoms with E-state index < -0.39 is 10.0 Å². The molecule has 0 amide bonds. The fourth-order valence-corrected chi connectivity index (χ4v) is 3.91. The minimum absolute atomic E-state index is 0.0893. The lowest BCUT2D eigenvalue weighted by molar-refractivity contribution is 0.601. The Bertz CT molecular complexity index is 968. The first-order valence-electron chi connectivity index (χ1n) is 5.98. The van der Waals surface area contributed by atoms with Crippen LogP contribution >= 0.6 is 11.3 Å². The number of nitrogens with one attached hydrogen (secondary N) is 1. The highest BCUT2D eigenvalue weighted by Crippen LogP contribution is 2.21. The molecular formula is C12H12N4O3S2. The van der Waals surface area contributed by atoms with E-state index in [1.54, 1.807) is 25.5 Å². The summed E-state index contributed by atoms with van der Waals surface area (Å²) in [7, 11) is -0.470. The van der Waals surface area contributed by atoms with Crippen LogP contribution in [0.3, 0.4) is 0 Å². The van der Waals surface area contributed by atoms with Crippen molar-refractivity contribution < 1.29 is 8.42 Å². The van der Waals surface area contributed by atoms with Crippen LogP contribution in [0.1, 0.15) is 0 Å². The molecule has 3 aromatic rings. The zero-order valence-corrected chi connectivity index (χ0v) is 12.9. The molecule has 0 aliphatic heterocycles. The van der Waals surface area contributed by atoms with E-state index in [0.717, 1.165) is 0 Å². The van der Waals surface area contributed by atoms with Crippen LogP contribution in [0.15, 0.2) is 39.5 Å². The summed E-state index contributed by atoms with van der Waals surface area (Å²) in [4.78, 5) is 15.8. The van der Waals surface area contributed by atoms with E-state index in [9.17, 15) is 13.2 Å². The highest BCUT2D eigenvalue weighted by molar-refractivity contribution is 7.93. The van der Waals surface area contributed by atoms with Crippen molar-refractivity contribution in [2.24, 2.45) is 14.1 Å². The zero-order valence-electron chi connectivity index (χ0n) is 11.3. The summed E-state index contributed by atoms with van der Waals surface area (Å²) < 4.78 is 29.9. The number of hydrogen-bond donors (Lipinski definition) is 1. The van der Waals surface area contributed by atoms with Crippen molar-refractivity contribution >= 4 is 37.5 Å². The molecule has 2 aromatic heterocycles. The number of rotatable bonds is 3. The van der Waals surface area contributed by atoms with Crippen molar-refractivity contribution in [1.82, 2.24) is 14.1 Å². The number of nitrogens with zero attached hydrogens (tertiary/aromatic N) is 3. The first-order chi connectivity index (χ1) is 9.90. The summed E-state index contributed by atoms with van der Waals surface area (Å²) in [6.07, 6.45) is 1.52. The van der Waals surface area contributed by atoms with E-state index in [4.69, 9.17) is 0 Å². The number of anilines is 1. The quantitative estimate of drug-likeness (QED) is 0.782. The summed E-state index contributed by atoms with van der Waals surface area (Å²) in [5.41, 5.74) is 1.03. The van der Waals surface area contributed by atoms with Crippen LogP contribution < -0.4 is 10.4 Å². The molecule has 3 rings (SSSR count). The van der Waals surface area contributed by atoms with Gasteiger partial charge in [0.25, 0.3) is 10.0 Å². The van der Waals surface area contributed by atoms with Crippen molar-refractivity contribution in [1.29, 1.82) is 0 Å². The van der Waals surface area contributed by atoms with Crippen molar-refractivity contribution in [3.63, 3.8) is 0 Å². The monoisotopic (exact) mass is 324 g/mol. The van der Waals surface area contributed by atoms with Crippen LogP contribution in [0.4, 0.5) is 5.13 Å². The fraction of sp³-hybridized carbons (Fsp3) is 0.167. The first kappa shape index (κ1) is 13.8. The average molecular weight is 324 g/mol. The van der Waals surface area contributed by atoms with Gasteiger partial charge in [-0.05, 0) is 18.2 Å². The lowest BCUT2D eigenvalue weighted by atomic mass is 10.3. The van der Waals surface area contributed by atoms with Gasteiger partial charge in [0.05, 0.1) is 15.9 Å². The minimum Gasteiger partial charge on any atom is -0.295 e. The van der Waals surface area contributed by atoms with Crippen LogP contribution in [-0.4, -0.2) is 22.5 Å². The molecule has 1 aromatic carbocycles. The summed E-state index contributed by atoms with van der Waals surface area (Å²) >= 11 is 1.20. The molecule has 0 radical (unpaired) electrons. The third kappa shape index (κ3) is 2.24. The van der Waals surface area contributed by atoms with Crippen molar-refractivity contribution in [2.45, 2.75) is 4.90 Å². The lowest BCUT2D eigenvalue weighted by Gasteiger charge is -2.05. The second-order valence-corrected chi connectivity index (χ2v) is 7.07. The van der Waals surface area contributed by atoms with Gasteiger partial charge in [-0.15, -0.1) is 11.3 Å². The third-order valence-corrected chi connectivity index (χ3v) is 5.36. The molecule has 2 heterocycles. The maximum absolute atomic E-state index is 12.3. The Kier molecular flexibility index (Phi) is 3.10. The Hall–Kier alpha value is -2.13. The Labute approximate surface area is 124 Å². The molecule has 0 atom stereocenters. The Morgan fingerprint density at radius 2 is 1.90 bits per heavy atom. The minimum atomic E-state index is -3.72. The summed E-state index contributed by atoms with van der Waals surface area (Å²) in [5, 5.41) is 1.99. The topological polar surface area (TPSA) is 86.0 Å². The fourth-order valence-electron chi connectivity index (χ4n) is 2.10. The molecule has 0 saturated heterocycles. The molecule has 21 heavy (non-hydrogen) atoms. The maximum Gasteiger partial charge on any atom is 0.328 e. The van der Waals surface area contributed by atoms with E-state index in [2.05, 4.69) is 9.71 Å². The standard InChI is InChI=1S/C12H12N4O3S2/c1-15-9-4-3-8(7-10(9)16(2)12(15)17)21(18,19)14-11-13-5-6-20-11/h3-7H,1-2H3,(H,13,14). The predicted molar refractivity (Wildman–Crippen MR) is 81.1 cm³/mol. The predicted octanol–water partition coefficient (Wildman–Crippen LogP) is 1.13. The van der Waals surface area contributed by atoms with Gasteiger partial charge in [0.15, 0.2) is 5.13 Å². The van der Waals surface area contributed by atoms with E-state index in [1.807, 2.05) is 0 Å². The lowest BCUT2D eigenvalue weighted by Crippen LogP contribution is -2.19. The SMILES string of the molecule is Cn1c(=O)n(C)c2cc(S(=O)(=O)Nc3nccs3)ccc21. The number of sulfonamides is 1. The van der Waals surface area contributed by atoms with Gasteiger partial charge in [0.2, 0.25) is 0 Å². The summed E-state index contributed by atoms with van der Waals surface area (Å²) in [5.74, 6) is 0. The van der Waals surface area contributed by atoms with E-state index >= 15 is 0 Å². The van der Waals surface area contributed by atoms with Crippen molar-refractivity contribution in [3.8, 4) is 0 Å². The highest BCUT2D eigenvalue weighted by atomic mass is 32.2. The number of aromatic nitrogens is 3. The molecule has 0 saturated carbocycles. The first-order valence-corrected chi connectivity index (χ1v) is 8.34. The Morgan fingerprint density at radius 3 is 2.57 bits per heavy atom.